The Morgan fingerprint density at radius 2 is 2.05 bits per heavy atom. The molecule has 0 aliphatic heterocycles. The Labute approximate surface area is 131 Å². The third-order valence-corrected chi connectivity index (χ3v) is 3.52. The zero-order chi connectivity index (χ0) is 15.5. The maximum atomic E-state index is 12.1. The molecule has 22 heavy (non-hydrogen) atoms. The van der Waals surface area contributed by atoms with E-state index in [0.29, 0.717) is 21.8 Å². The smallest absolute Gasteiger partial charge is 0.252 e. The van der Waals surface area contributed by atoms with Crippen LogP contribution in [0.1, 0.15) is 22.0 Å². The summed E-state index contributed by atoms with van der Waals surface area (Å²) < 4.78 is 1.66. The normalized spacial score (nSPS) is 12.3. The van der Waals surface area contributed by atoms with Crippen LogP contribution in [-0.2, 0) is 0 Å². The Balaban J connectivity index is 1.65. The van der Waals surface area contributed by atoms with Crippen LogP contribution >= 0.6 is 11.6 Å². The van der Waals surface area contributed by atoms with Crippen LogP contribution in [0.4, 0.5) is 0 Å². The average molecular weight is 317 g/mol. The first-order chi connectivity index (χ1) is 10.6. The van der Waals surface area contributed by atoms with E-state index in [2.05, 4.69) is 15.5 Å². The number of halogens is 1. The van der Waals surface area contributed by atoms with E-state index in [9.17, 15) is 9.90 Å². The van der Waals surface area contributed by atoms with Crippen molar-refractivity contribution in [3.63, 3.8) is 0 Å². The number of carbonyl (C=O) groups is 1. The quantitative estimate of drug-likeness (QED) is 0.770. The van der Waals surface area contributed by atoms with E-state index in [1.54, 1.807) is 47.0 Å². The van der Waals surface area contributed by atoms with Crippen molar-refractivity contribution < 1.29 is 9.90 Å². The molecule has 6 nitrogen and oxygen atoms in total. The number of hydrogen-bond acceptors (Lipinski definition) is 4. The summed E-state index contributed by atoms with van der Waals surface area (Å²) in [7, 11) is 0. The summed E-state index contributed by atoms with van der Waals surface area (Å²) in [6.45, 7) is 0.112. The molecule has 0 saturated heterocycles. The maximum Gasteiger partial charge on any atom is 0.252 e. The van der Waals surface area contributed by atoms with Crippen LogP contribution in [0, 0.1) is 0 Å². The lowest BCUT2D eigenvalue weighted by molar-refractivity contribution is 0.0916. The topological polar surface area (TPSA) is 79.5 Å². The highest BCUT2D eigenvalue weighted by Gasteiger charge is 2.11. The van der Waals surface area contributed by atoms with Crippen molar-refractivity contribution in [1.29, 1.82) is 0 Å². The van der Waals surface area contributed by atoms with Gasteiger partial charge in [0.1, 0.15) is 6.33 Å². The SMILES string of the molecule is O=C(NCC(O)c1ccc(Cl)cc1)c1ccc2nncn2c1. The van der Waals surface area contributed by atoms with Crippen molar-refractivity contribution in [2.75, 3.05) is 6.54 Å². The number of aliphatic hydroxyl groups excluding tert-OH is 1. The minimum Gasteiger partial charge on any atom is -0.387 e. The Hall–Kier alpha value is -2.44. The molecule has 0 saturated carbocycles. The van der Waals surface area contributed by atoms with Crippen LogP contribution in [-0.4, -0.2) is 32.2 Å². The van der Waals surface area contributed by atoms with Gasteiger partial charge in [-0.25, -0.2) is 0 Å². The number of fused-ring (bicyclic) bond motifs is 1. The van der Waals surface area contributed by atoms with Gasteiger partial charge in [-0.05, 0) is 29.8 Å². The molecule has 1 atom stereocenters. The second kappa shape index (κ2) is 6.13. The van der Waals surface area contributed by atoms with Gasteiger partial charge in [0.25, 0.3) is 5.91 Å². The first-order valence-corrected chi connectivity index (χ1v) is 7.02. The minimum atomic E-state index is -0.792. The zero-order valence-electron chi connectivity index (χ0n) is 11.5. The monoisotopic (exact) mass is 316 g/mol. The van der Waals surface area contributed by atoms with Gasteiger partial charge in [-0.15, -0.1) is 10.2 Å². The number of rotatable bonds is 4. The number of carbonyl (C=O) groups excluding carboxylic acids is 1. The van der Waals surface area contributed by atoms with Gasteiger partial charge >= 0.3 is 0 Å². The lowest BCUT2D eigenvalue weighted by Gasteiger charge is -2.12. The lowest BCUT2D eigenvalue weighted by Crippen LogP contribution is -2.28. The molecule has 2 heterocycles. The molecule has 3 aromatic rings. The van der Waals surface area contributed by atoms with Gasteiger partial charge in [0.05, 0.1) is 11.7 Å². The molecule has 0 bridgehead atoms. The molecule has 1 aromatic carbocycles. The zero-order valence-corrected chi connectivity index (χ0v) is 12.2. The maximum absolute atomic E-state index is 12.1. The first kappa shape index (κ1) is 14.5. The van der Waals surface area contributed by atoms with Crippen LogP contribution in [0.15, 0.2) is 48.9 Å². The van der Waals surface area contributed by atoms with Crippen LogP contribution in [0.3, 0.4) is 0 Å². The molecule has 2 N–H and O–H groups in total. The fourth-order valence-electron chi connectivity index (χ4n) is 2.06. The molecule has 112 valence electrons. The number of nitrogens with zero attached hydrogens (tertiary/aromatic N) is 3. The van der Waals surface area contributed by atoms with Crippen molar-refractivity contribution in [2.45, 2.75) is 6.10 Å². The van der Waals surface area contributed by atoms with E-state index < -0.39 is 6.10 Å². The molecular formula is C15H13ClN4O2. The summed E-state index contributed by atoms with van der Waals surface area (Å²) >= 11 is 5.80. The fraction of sp³-hybridized carbons (Fsp3) is 0.133. The number of amides is 1. The third kappa shape index (κ3) is 3.08. The number of hydrogen-bond donors (Lipinski definition) is 2. The van der Waals surface area contributed by atoms with E-state index in [4.69, 9.17) is 11.6 Å². The van der Waals surface area contributed by atoms with E-state index in [-0.39, 0.29) is 12.5 Å². The third-order valence-electron chi connectivity index (χ3n) is 3.26. The number of nitrogens with one attached hydrogen (secondary N) is 1. The fourth-order valence-corrected chi connectivity index (χ4v) is 2.18. The van der Waals surface area contributed by atoms with Gasteiger partial charge in [0, 0.05) is 17.8 Å². The molecule has 0 fully saturated rings. The molecule has 7 heteroatoms. The summed E-state index contributed by atoms with van der Waals surface area (Å²) in [5.41, 5.74) is 1.83. The number of benzene rings is 1. The van der Waals surface area contributed by atoms with Gasteiger partial charge in [-0.1, -0.05) is 23.7 Å². The van der Waals surface area contributed by atoms with Crippen molar-refractivity contribution in [3.05, 3.63) is 65.1 Å². The summed E-state index contributed by atoms with van der Waals surface area (Å²) in [5.74, 6) is -0.274. The number of pyridine rings is 1. The second-order valence-corrected chi connectivity index (χ2v) is 5.23. The number of aliphatic hydroxyl groups is 1. The molecule has 3 rings (SSSR count). The highest BCUT2D eigenvalue weighted by atomic mass is 35.5. The van der Waals surface area contributed by atoms with E-state index in [1.807, 2.05) is 0 Å². The molecule has 0 radical (unpaired) electrons. The second-order valence-electron chi connectivity index (χ2n) is 4.79. The van der Waals surface area contributed by atoms with Gasteiger partial charge in [0.2, 0.25) is 0 Å². The van der Waals surface area contributed by atoms with Crippen molar-refractivity contribution in [2.24, 2.45) is 0 Å². The Bertz CT molecular complexity index is 801. The van der Waals surface area contributed by atoms with E-state index in [1.165, 1.54) is 6.33 Å². The Kier molecular flexibility index (Phi) is 4.04. The minimum absolute atomic E-state index is 0.112. The van der Waals surface area contributed by atoms with Crippen LogP contribution < -0.4 is 5.32 Å². The van der Waals surface area contributed by atoms with E-state index >= 15 is 0 Å². The van der Waals surface area contributed by atoms with Crippen molar-refractivity contribution in [1.82, 2.24) is 19.9 Å². The summed E-state index contributed by atoms with van der Waals surface area (Å²) in [6, 6.07) is 10.2. The average Bonchev–Trinajstić information content (AvgIpc) is 3.00. The first-order valence-electron chi connectivity index (χ1n) is 6.64. The van der Waals surface area contributed by atoms with Crippen LogP contribution in [0.25, 0.3) is 5.65 Å². The molecular weight excluding hydrogens is 304 g/mol. The van der Waals surface area contributed by atoms with Crippen LogP contribution in [0.2, 0.25) is 5.02 Å². The number of aromatic nitrogens is 3. The van der Waals surface area contributed by atoms with Crippen molar-refractivity contribution >= 4 is 23.2 Å². The highest BCUT2D eigenvalue weighted by molar-refractivity contribution is 6.30. The predicted octanol–water partition coefficient (Wildman–Crippen LogP) is 1.85. The molecule has 0 aliphatic rings. The highest BCUT2D eigenvalue weighted by Crippen LogP contribution is 2.15. The van der Waals surface area contributed by atoms with E-state index in [0.717, 1.165) is 0 Å². The Morgan fingerprint density at radius 3 is 2.82 bits per heavy atom. The standard InChI is InChI=1S/C15H13ClN4O2/c16-12-4-1-10(2-5-12)13(21)7-17-15(22)11-3-6-14-19-18-9-20(14)8-11/h1-6,8-9,13,21H,7H2,(H,17,22). The van der Waals surface area contributed by atoms with Gasteiger partial charge in [-0.2, -0.15) is 0 Å². The summed E-state index contributed by atoms with van der Waals surface area (Å²) in [5, 5.41) is 21.0. The molecule has 1 amide bonds. The van der Waals surface area contributed by atoms with Crippen LogP contribution in [0.5, 0.6) is 0 Å². The van der Waals surface area contributed by atoms with Crippen molar-refractivity contribution in [3.8, 4) is 0 Å². The largest absolute Gasteiger partial charge is 0.387 e. The summed E-state index contributed by atoms with van der Waals surface area (Å²) in [4.78, 5) is 12.1. The molecule has 1 unspecified atom stereocenters. The summed E-state index contributed by atoms with van der Waals surface area (Å²) in [6.07, 6.45) is 2.37. The molecule has 0 spiro atoms. The van der Waals surface area contributed by atoms with Gasteiger partial charge in [-0.3, -0.25) is 9.20 Å². The van der Waals surface area contributed by atoms with Gasteiger partial charge < -0.3 is 10.4 Å². The molecule has 0 aliphatic carbocycles. The Morgan fingerprint density at radius 1 is 1.27 bits per heavy atom. The molecule has 2 aromatic heterocycles. The van der Waals surface area contributed by atoms with Gasteiger partial charge in [0.15, 0.2) is 5.65 Å². The lowest BCUT2D eigenvalue weighted by atomic mass is 10.1. The predicted molar refractivity (Wildman–Crippen MR) is 81.7 cm³/mol.